The molecular formula is C22H24N4O6. The van der Waals surface area contributed by atoms with E-state index in [1.807, 2.05) is 0 Å². The van der Waals surface area contributed by atoms with Crippen LogP contribution in [-0.2, 0) is 9.53 Å². The molecule has 1 fully saturated rings. The first-order valence-electron chi connectivity index (χ1n) is 10.1. The molecular weight excluding hydrogens is 416 g/mol. The molecule has 1 aliphatic heterocycles. The number of amides is 2. The summed E-state index contributed by atoms with van der Waals surface area (Å²) >= 11 is 0. The number of hydrogen-bond acceptors (Lipinski definition) is 7. The molecule has 0 bridgehead atoms. The van der Waals surface area contributed by atoms with Gasteiger partial charge in [-0.25, -0.2) is 5.43 Å². The molecule has 1 saturated heterocycles. The van der Waals surface area contributed by atoms with Crippen LogP contribution in [0.4, 0.5) is 5.69 Å². The standard InChI is InChI=1S/C22H24N4O6/c1-15-19(5-2-6-20(15)26(29)30)22(28)25-24-12-16-7-9-17(10-8-16)32-14-21(27)23-13-18-4-3-11-31-18/h2,5-10,12,18H,3-4,11,13-14H2,1H3,(H,23,27)(H,25,28)/b24-12-/t18-/m1/s1. The van der Waals surface area contributed by atoms with Gasteiger partial charge in [0.25, 0.3) is 17.5 Å². The third kappa shape index (κ3) is 6.35. The van der Waals surface area contributed by atoms with Gasteiger partial charge in [-0.3, -0.25) is 19.7 Å². The highest BCUT2D eigenvalue weighted by Crippen LogP contribution is 2.21. The second-order valence-corrected chi connectivity index (χ2v) is 7.20. The van der Waals surface area contributed by atoms with Gasteiger partial charge in [-0.15, -0.1) is 0 Å². The van der Waals surface area contributed by atoms with Crippen LogP contribution in [0.5, 0.6) is 5.75 Å². The molecule has 0 radical (unpaired) electrons. The summed E-state index contributed by atoms with van der Waals surface area (Å²) in [5.41, 5.74) is 3.37. The molecule has 0 spiro atoms. The molecule has 0 unspecified atom stereocenters. The van der Waals surface area contributed by atoms with E-state index in [-0.39, 0.29) is 35.4 Å². The molecule has 1 atom stereocenters. The molecule has 0 saturated carbocycles. The van der Waals surface area contributed by atoms with Crippen molar-refractivity contribution in [1.82, 2.24) is 10.7 Å². The van der Waals surface area contributed by atoms with Crippen LogP contribution in [0.3, 0.4) is 0 Å². The van der Waals surface area contributed by atoms with Crippen LogP contribution in [0, 0.1) is 17.0 Å². The molecule has 1 aliphatic rings. The first-order chi connectivity index (χ1) is 15.4. The molecule has 0 aliphatic carbocycles. The predicted molar refractivity (Wildman–Crippen MR) is 117 cm³/mol. The van der Waals surface area contributed by atoms with Crippen LogP contribution in [0.25, 0.3) is 0 Å². The Hall–Kier alpha value is -3.79. The molecule has 10 heteroatoms. The smallest absolute Gasteiger partial charge is 0.273 e. The average molecular weight is 440 g/mol. The number of nitro groups is 1. The molecule has 32 heavy (non-hydrogen) atoms. The lowest BCUT2D eigenvalue weighted by molar-refractivity contribution is -0.385. The van der Waals surface area contributed by atoms with Crippen LogP contribution in [0.2, 0.25) is 0 Å². The summed E-state index contributed by atoms with van der Waals surface area (Å²) in [5, 5.41) is 17.7. The minimum atomic E-state index is -0.545. The van der Waals surface area contributed by atoms with E-state index in [1.165, 1.54) is 31.3 Å². The first-order valence-corrected chi connectivity index (χ1v) is 10.1. The van der Waals surface area contributed by atoms with Crippen LogP contribution in [-0.4, -0.2) is 48.8 Å². The third-order valence-electron chi connectivity index (χ3n) is 4.93. The number of benzene rings is 2. The van der Waals surface area contributed by atoms with Crippen molar-refractivity contribution in [3.05, 3.63) is 69.3 Å². The Morgan fingerprint density at radius 2 is 2.06 bits per heavy atom. The zero-order valence-corrected chi connectivity index (χ0v) is 17.6. The molecule has 0 aromatic heterocycles. The van der Waals surface area contributed by atoms with Gasteiger partial charge >= 0.3 is 0 Å². The fourth-order valence-electron chi connectivity index (χ4n) is 3.18. The lowest BCUT2D eigenvalue weighted by Crippen LogP contribution is -2.35. The van der Waals surface area contributed by atoms with Crippen molar-refractivity contribution in [2.24, 2.45) is 5.10 Å². The van der Waals surface area contributed by atoms with Crippen molar-refractivity contribution in [1.29, 1.82) is 0 Å². The Balaban J connectivity index is 1.46. The number of rotatable bonds is 9. The van der Waals surface area contributed by atoms with E-state index in [0.717, 1.165) is 19.4 Å². The Bertz CT molecular complexity index is 1000. The van der Waals surface area contributed by atoms with Crippen molar-refractivity contribution < 1.29 is 24.0 Å². The summed E-state index contributed by atoms with van der Waals surface area (Å²) in [4.78, 5) is 34.6. The van der Waals surface area contributed by atoms with Gasteiger partial charge in [0, 0.05) is 24.8 Å². The van der Waals surface area contributed by atoms with E-state index in [4.69, 9.17) is 9.47 Å². The van der Waals surface area contributed by atoms with E-state index >= 15 is 0 Å². The number of nitro benzene ring substituents is 1. The van der Waals surface area contributed by atoms with Crippen LogP contribution in [0.15, 0.2) is 47.6 Å². The number of ether oxygens (including phenoxy) is 2. The number of carbonyl (C=O) groups excluding carboxylic acids is 2. The fraction of sp³-hybridized carbons (Fsp3) is 0.318. The predicted octanol–water partition coefficient (Wildman–Crippen LogP) is 2.34. The molecule has 2 amide bonds. The van der Waals surface area contributed by atoms with Crippen LogP contribution >= 0.6 is 0 Å². The second-order valence-electron chi connectivity index (χ2n) is 7.20. The third-order valence-corrected chi connectivity index (χ3v) is 4.93. The number of carbonyl (C=O) groups is 2. The summed E-state index contributed by atoms with van der Waals surface area (Å²) in [5.74, 6) is -0.243. The zero-order chi connectivity index (χ0) is 22.9. The van der Waals surface area contributed by atoms with E-state index < -0.39 is 10.8 Å². The van der Waals surface area contributed by atoms with Gasteiger partial charge < -0.3 is 14.8 Å². The number of hydrogen-bond donors (Lipinski definition) is 2. The SMILES string of the molecule is Cc1c(C(=O)N/N=C\c2ccc(OCC(=O)NC[C@H]3CCCO3)cc2)cccc1[N+](=O)[O-]. The van der Waals surface area contributed by atoms with Crippen molar-refractivity contribution in [2.75, 3.05) is 19.8 Å². The summed E-state index contributed by atoms with van der Waals surface area (Å²) < 4.78 is 10.9. The van der Waals surface area contributed by atoms with Gasteiger partial charge in [0.05, 0.1) is 22.8 Å². The molecule has 2 aromatic rings. The summed E-state index contributed by atoms with van der Waals surface area (Å²) in [6.45, 7) is 2.64. The number of hydrazone groups is 1. The molecule has 3 rings (SSSR count). The molecule has 2 N–H and O–H groups in total. The van der Waals surface area contributed by atoms with Gasteiger partial charge in [-0.05, 0) is 55.7 Å². The molecule has 2 aromatic carbocycles. The van der Waals surface area contributed by atoms with Gasteiger partial charge in [-0.1, -0.05) is 6.07 Å². The highest BCUT2D eigenvalue weighted by molar-refractivity contribution is 5.97. The maximum atomic E-state index is 12.3. The van der Waals surface area contributed by atoms with Crippen molar-refractivity contribution in [3.8, 4) is 5.75 Å². The van der Waals surface area contributed by atoms with Gasteiger partial charge in [0.2, 0.25) is 0 Å². The lowest BCUT2D eigenvalue weighted by atomic mass is 10.1. The minimum Gasteiger partial charge on any atom is -0.484 e. The largest absolute Gasteiger partial charge is 0.484 e. The van der Waals surface area contributed by atoms with E-state index in [2.05, 4.69) is 15.8 Å². The Morgan fingerprint density at radius 1 is 1.28 bits per heavy atom. The Labute approximate surface area is 184 Å². The minimum absolute atomic E-state index is 0.0823. The van der Waals surface area contributed by atoms with E-state index in [1.54, 1.807) is 24.3 Å². The van der Waals surface area contributed by atoms with E-state index in [0.29, 0.717) is 17.9 Å². The average Bonchev–Trinajstić information content (AvgIpc) is 3.30. The van der Waals surface area contributed by atoms with Crippen LogP contribution < -0.4 is 15.5 Å². The van der Waals surface area contributed by atoms with Gasteiger partial charge in [0.1, 0.15) is 5.75 Å². The maximum Gasteiger partial charge on any atom is 0.273 e. The zero-order valence-electron chi connectivity index (χ0n) is 17.6. The van der Waals surface area contributed by atoms with Crippen molar-refractivity contribution in [3.63, 3.8) is 0 Å². The topological polar surface area (TPSA) is 132 Å². The van der Waals surface area contributed by atoms with Gasteiger partial charge in [0.15, 0.2) is 6.61 Å². The molecule has 1 heterocycles. The normalized spacial score (nSPS) is 15.5. The molecule has 10 nitrogen and oxygen atoms in total. The van der Waals surface area contributed by atoms with E-state index in [9.17, 15) is 19.7 Å². The lowest BCUT2D eigenvalue weighted by Gasteiger charge is -2.11. The van der Waals surface area contributed by atoms with Crippen molar-refractivity contribution >= 4 is 23.7 Å². The Morgan fingerprint density at radius 3 is 2.75 bits per heavy atom. The summed E-state index contributed by atoms with van der Waals surface area (Å²) in [6, 6.07) is 11.1. The maximum absolute atomic E-state index is 12.3. The first kappa shape index (κ1) is 22.9. The fourth-order valence-corrected chi connectivity index (χ4v) is 3.18. The molecule has 168 valence electrons. The number of nitrogens with zero attached hydrogens (tertiary/aromatic N) is 2. The monoisotopic (exact) mass is 440 g/mol. The van der Waals surface area contributed by atoms with Gasteiger partial charge in [-0.2, -0.15) is 5.10 Å². The summed E-state index contributed by atoms with van der Waals surface area (Å²) in [6.07, 6.45) is 3.49. The number of nitrogens with one attached hydrogen (secondary N) is 2. The highest BCUT2D eigenvalue weighted by Gasteiger charge is 2.18. The second kappa shape index (κ2) is 11.0. The van der Waals surface area contributed by atoms with Crippen molar-refractivity contribution in [2.45, 2.75) is 25.9 Å². The Kier molecular flexibility index (Phi) is 7.87. The van der Waals surface area contributed by atoms with Crippen LogP contribution in [0.1, 0.15) is 34.3 Å². The highest BCUT2D eigenvalue weighted by atomic mass is 16.6. The summed E-state index contributed by atoms with van der Waals surface area (Å²) in [7, 11) is 0. The quantitative estimate of drug-likeness (QED) is 0.349.